The monoisotopic (exact) mass is 358 g/mol. The molecule has 2 heterocycles. The molecule has 0 amide bonds. The van der Waals surface area contributed by atoms with Crippen LogP contribution < -0.4 is 21.7 Å². The number of hydrogen-bond acceptors (Lipinski definition) is 7. The van der Waals surface area contributed by atoms with Crippen molar-refractivity contribution in [3.05, 3.63) is 72.4 Å². The molecule has 27 heavy (non-hydrogen) atoms. The fourth-order valence-corrected chi connectivity index (χ4v) is 2.80. The average Bonchev–Trinajstić information content (AvgIpc) is 2.72. The number of nitrogens with two attached hydrogens (primary N) is 2. The summed E-state index contributed by atoms with van der Waals surface area (Å²) in [6, 6.07) is 19.6. The molecule has 0 unspecified atom stereocenters. The van der Waals surface area contributed by atoms with Crippen LogP contribution in [0.2, 0.25) is 0 Å². The maximum absolute atomic E-state index is 5.73. The molecule has 134 valence electrons. The number of ether oxygens (including phenoxy) is 1. The third-order valence-electron chi connectivity index (χ3n) is 4.15. The van der Waals surface area contributed by atoms with Gasteiger partial charge in [0.1, 0.15) is 6.61 Å². The van der Waals surface area contributed by atoms with E-state index in [1.54, 1.807) is 6.20 Å². The standard InChI is InChI=1S/C20H18N6O/c21-20-24-17-8-6-14(10-16(17)19(25-20)26-22)15-7-9-18(23-11-15)27-12-13-4-2-1-3-5-13/h1-11H,12,22H2,(H3,21,24,25,26). The Kier molecular flexibility index (Phi) is 4.51. The third-order valence-corrected chi connectivity index (χ3v) is 4.15. The molecule has 0 aliphatic heterocycles. The van der Waals surface area contributed by atoms with Gasteiger partial charge in [0.05, 0.1) is 5.52 Å². The summed E-state index contributed by atoms with van der Waals surface area (Å²) in [5.74, 6) is 6.78. The minimum absolute atomic E-state index is 0.171. The molecule has 5 N–H and O–H groups in total. The number of anilines is 2. The predicted molar refractivity (Wildman–Crippen MR) is 106 cm³/mol. The van der Waals surface area contributed by atoms with E-state index in [0.717, 1.165) is 27.6 Å². The zero-order valence-electron chi connectivity index (χ0n) is 14.5. The van der Waals surface area contributed by atoms with E-state index in [1.165, 1.54) is 0 Å². The van der Waals surface area contributed by atoms with E-state index < -0.39 is 0 Å². The number of nitrogens with zero attached hydrogens (tertiary/aromatic N) is 3. The van der Waals surface area contributed by atoms with Gasteiger partial charge in [-0.15, -0.1) is 0 Å². The van der Waals surface area contributed by atoms with Crippen LogP contribution in [-0.2, 0) is 6.61 Å². The highest BCUT2D eigenvalue weighted by Gasteiger charge is 2.08. The molecule has 7 nitrogen and oxygen atoms in total. The van der Waals surface area contributed by atoms with Crippen molar-refractivity contribution in [1.82, 2.24) is 15.0 Å². The quantitative estimate of drug-likeness (QED) is 0.371. The maximum Gasteiger partial charge on any atom is 0.222 e. The van der Waals surface area contributed by atoms with Crippen LogP contribution in [0.25, 0.3) is 22.0 Å². The van der Waals surface area contributed by atoms with Gasteiger partial charge in [0.25, 0.3) is 0 Å². The average molecular weight is 358 g/mol. The molecular weight excluding hydrogens is 340 g/mol. The van der Waals surface area contributed by atoms with Crippen molar-refractivity contribution in [3.63, 3.8) is 0 Å². The first-order chi connectivity index (χ1) is 13.2. The lowest BCUT2D eigenvalue weighted by Gasteiger charge is -2.09. The van der Waals surface area contributed by atoms with Crippen LogP contribution in [0.3, 0.4) is 0 Å². The topological polar surface area (TPSA) is 112 Å². The minimum Gasteiger partial charge on any atom is -0.473 e. The number of aromatic nitrogens is 3. The number of hydrogen-bond donors (Lipinski definition) is 3. The second-order valence-corrected chi connectivity index (χ2v) is 5.97. The van der Waals surface area contributed by atoms with Crippen LogP contribution in [-0.4, -0.2) is 15.0 Å². The van der Waals surface area contributed by atoms with Gasteiger partial charge in [0, 0.05) is 23.2 Å². The zero-order chi connectivity index (χ0) is 18.6. The fraction of sp³-hybridized carbons (Fsp3) is 0.0500. The van der Waals surface area contributed by atoms with Crippen molar-refractivity contribution >= 4 is 22.7 Å². The third kappa shape index (κ3) is 3.63. The molecule has 0 fully saturated rings. The Hall–Kier alpha value is -3.71. The predicted octanol–water partition coefficient (Wildman–Crippen LogP) is 3.14. The lowest BCUT2D eigenvalue weighted by Crippen LogP contribution is -2.11. The summed E-state index contributed by atoms with van der Waals surface area (Å²) < 4.78 is 5.73. The first-order valence-electron chi connectivity index (χ1n) is 8.40. The SMILES string of the molecule is NNc1nc(N)nc2ccc(-c3ccc(OCc4ccccc4)nc3)cc12. The number of pyridine rings is 1. The Morgan fingerprint density at radius 2 is 1.74 bits per heavy atom. The molecule has 0 radical (unpaired) electrons. The minimum atomic E-state index is 0.171. The van der Waals surface area contributed by atoms with Crippen LogP contribution in [0, 0.1) is 0 Å². The summed E-state index contributed by atoms with van der Waals surface area (Å²) in [7, 11) is 0. The zero-order valence-corrected chi connectivity index (χ0v) is 14.5. The van der Waals surface area contributed by atoms with Crippen molar-refractivity contribution in [2.75, 3.05) is 11.2 Å². The van der Waals surface area contributed by atoms with E-state index in [1.807, 2.05) is 60.7 Å². The normalized spacial score (nSPS) is 10.7. The van der Waals surface area contributed by atoms with Crippen molar-refractivity contribution in [3.8, 4) is 17.0 Å². The maximum atomic E-state index is 5.73. The molecule has 4 rings (SSSR count). The second kappa shape index (κ2) is 7.27. The number of nitrogens with one attached hydrogen (secondary N) is 1. The highest BCUT2D eigenvalue weighted by molar-refractivity contribution is 5.93. The van der Waals surface area contributed by atoms with Gasteiger partial charge in [-0.3, -0.25) is 0 Å². The van der Waals surface area contributed by atoms with Gasteiger partial charge in [0.2, 0.25) is 11.8 Å². The molecule has 0 atom stereocenters. The van der Waals surface area contributed by atoms with Crippen LogP contribution >= 0.6 is 0 Å². The van der Waals surface area contributed by atoms with Crippen LogP contribution in [0.15, 0.2) is 66.9 Å². The van der Waals surface area contributed by atoms with Crippen LogP contribution in [0.4, 0.5) is 11.8 Å². The molecule has 0 saturated carbocycles. The smallest absolute Gasteiger partial charge is 0.222 e. The van der Waals surface area contributed by atoms with Gasteiger partial charge >= 0.3 is 0 Å². The Morgan fingerprint density at radius 3 is 2.48 bits per heavy atom. The molecule has 7 heteroatoms. The number of hydrazine groups is 1. The van der Waals surface area contributed by atoms with Gasteiger partial charge < -0.3 is 15.9 Å². The summed E-state index contributed by atoms with van der Waals surface area (Å²) in [4.78, 5) is 12.7. The van der Waals surface area contributed by atoms with E-state index >= 15 is 0 Å². The van der Waals surface area contributed by atoms with Gasteiger partial charge in [0.15, 0.2) is 5.82 Å². The molecule has 0 saturated heterocycles. The summed E-state index contributed by atoms with van der Waals surface area (Å²) in [6.07, 6.45) is 1.77. The molecule has 0 bridgehead atoms. The summed E-state index contributed by atoms with van der Waals surface area (Å²) in [6.45, 7) is 0.480. The Labute approximate surface area is 156 Å². The second-order valence-electron chi connectivity index (χ2n) is 5.97. The van der Waals surface area contributed by atoms with Crippen molar-refractivity contribution < 1.29 is 4.74 Å². The summed E-state index contributed by atoms with van der Waals surface area (Å²) in [5.41, 5.74) is 12.0. The van der Waals surface area contributed by atoms with Crippen LogP contribution in [0.1, 0.15) is 5.56 Å². The molecule has 0 aliphatic carbocycles. The Bertz CT molecular complexity index is 1070. The fourth-order valence-electron chi connectivity index (χ4n) is 2.80. The van der Waals surface area contributed by atoms with Gasteiger partial charge in [-0.2, -0.15) is 4.98 Å². The number of rotatable bonds is 5. The molecule has 0 spiro atoms. The molecular formula is C20H18N6O. The number of fused-ring (bicyclic) bond motifs is 1. The molecule has 2 aromatic carbocycles. The lowest BCUT2D eigenvalue weighted by molar-refractivity contribution is 0.294. The van der Waals surface area contributed by atoms with E-state index in [9.17, 15) is 0 Å². The largest absolute Gasteiger partial charge is 0.473 e. The number of nitrogen functional groups attached to an aromatic ring is 2. The van der Waals surface area contributed by atoms with E-state index in [0.29, 0.717) is 18.3 Å². The van der Waals surface area contributed by atoms with E-state index in [4.69, 9.17) is 16.3 Å². The highest BCUT2D eigenvalue weighted by Crippen LogP contribution is 2.28. The van der Waals surface area contributed by atoms with Crippen LogP contribution in [0.5, 0.6) is 5.88 Å². The summed E-state index contributed by atoms with van der Waals surface area (Å²) >= 11 is 0. The Balaban J connectivity index is 1.57. The molecule has 4 aromatic rings. The van der Waals surface area contributed by atoms with E-state index in [-0.39, 0.29) is 5.95 Å². The van der Waals surface area contributed by atoms with Gasteiger partial charge in [-0.25, -0.2) is 15.8 Å². The van der Waals surface area contributed by atoms with Gasteiger partial charge in [-0.1, -0.05) is 36.4 Å². The Morgan fingerprint density at radius 1 is 0.926 bits per heavy atom. The lowest BCUT2D eigenvalue weighted by atomic mass is 10.1. The van der Waals surface area contributed by atoms with Crippen molar-refractivity contribution in [1.29, 1.82) is 0 Å². The number of benzene rings is 2. The van der Waals surface area contributed by atoms with Crippen molar-refractivity contribution in [2.45, 2.75) is 6.61 Å². The summed E-state index contributed by atoms with van der Waals surface area (Å²) in [5, 5.41) is 0.786. The van der Waals surface area contributed by atoms with E-state index in [2.05, 4.69) is 20.4 Å². The molecule has 0 aliphatic rings. The van der Waals surface area contributed by atoms with Crippen molar-refractivity contribution in [2.24, 2.45) is 5.84 Å². The first-order valence-corrected chi connectivity index (χ1v) is 8.40. The highest BCUT2D eigenvalue weighted by atomic mass is 16.5. The first kappa shape index (κ1) is 16.7. The molecule has 2 aromatic heterocycles. The van der Waals surface area contributed by atoms with Gasteiger partial charge in [-0.05, 0) is 29.3 Å².